The Morgan fingerprint density at radius 3 is 2.72 bits per heavy atom. The van der Waals surface area contributed by atoms with Crippen LogP contribution < -0.4 is 15.4 Å². The molecule has 210 valence electrons. The molecule has 2 heterocycles. The Bertz CT molecular complexity index is 1440. The lowest BCUT2D eigenvalue weighted by Crippen LogP contribution is -2.49. The zero-order valence-corrected chi connectivity index (χ0v) is 22.6. The molecule has 4 aliphatic rings. The number of carbonyl (C=O) groups excluding carboxylic acids is 2. The number of hydrogen-bond acceptors (Lipinski definition) is 6. The highest BCUT2D eigenvalue weighted by Gasteiger charge is 2.47. The second kappa shape index (κ2) is 9.28. The molecule has 2 fully saturated rings. The van der Waals surface area contributed by atoms with E-state index in [0.29, 0.717) is 43.2 Å². The summed E-state index contributed by atoms with van der Waals surface area (Å²) in [6, 6.07) is 5.67. The number of sulfone groups is 1. The SMILES string of the molecule is CS(=O)(=O)CC(=O)Nc1c2c(nn1CCC1CC1)C[C@@]1(CCc3cc(OCC4CC(F)(F)C4)ccc31)NC2=O. The van der Waals surface area contributed by atoms with Crippen LogP contribution in [0, 0.1) is 11.8 Å². The Morgan fingerprint density at radius 1 is 1.26 bits per heavy atom. The molecule has 3 aliphatic carbocycles. The summed E-state index contributed by atoms with van der Waals surface area (Å²) in [7, 11) is -3.54. The smallest absolute Gasteiger partial charge is 0.257 e. The van der Waals surface area contributed by atoms with E-state index >= 15 is 0 Å². The maximum Gasteiger partial charge on any atom is 0.257 e. The highest BCUT2D eigenvalue weighted by Crippen LogP contribution is 2.45. The second-order valence-electron chi connectivity index (χ2n) is 11.7. The van der Waals surface area contributed by atoms with E-state index in [1.807, 2.05) is 18.2 Å². The van der Waals surface area contributed by atoms with Gasteiger partial charge in [0.15, 0.2) is 9.84 Å². The first-order chi connectivity index (χ1) is 18.4. The van der Waals surface area contributed by atoms with Crippen LogP contribution in [0.4, 0.5) is 14.6 Å². The molecular weight excluding hydrogens is 530 g/mol. The predicted molar refractivity (Wildman–Crippen MR) is 139 cm³/mol. The van der Waals surface area contributed by atoms with Crippen molar-refractivity contribution in [3.05, 3.63) is 40.6 Å². The highest BCUT2D eigenvalue weighted by atomic mass is 32.2. The molecule has 0 saturated heterocycles. The van der Waals surface area contributed by atoms with Gasteiger partial charge in [-0.1, -0.05) is 18.9 Å². The molecule has 0 bridgehead atoms. The third-order valence-corrected chi connectivity index (χ3v) is 9.03. The standard InChI is InChI=1S/C27H32F2N4O5S/c1-39(36,37)15-22(34)30-24-23-21(32-33(24)9-7-16-2-3-16)13-26(31-25(23)35)8-6-18-10-19(4-5-20(18)26)38-14-17-11-27(28,29)12-17/h4-5,10,16-17H,2-3,6-9,11-15H2,1H3,(H,30,34)(H,31,35)/t26-/m1/s1. The largest absolute Gasteiger partial charge is 0.493 e. The van der Waals surface area contributed by atoms with Crippen LogP contribution >= 0.6 is 0 Å². The summed E-state index contributed by atoms with van der Waals surface area (Å²) in [4.78, 5) is 26.0. The number of halogens is 2. The van der Waals surface area contributed by atoms with Crippen molar-refractivity contribution >= 4 is 27.5 Å². The van der Waals surface area contributed by atoms with Crippen LogP contribution in [-0.4, -0.2) is 54.6 Å². The molecular formula is C27H32F2N4O5S. The van der Waals surface area contributed by atoms with Gasteiger partial charge in [0, 0.05) is 38.0 Å². The summed E-state index contributed by atoms with van der Waals surface area (Å²) in [5.74, 6) is -2.98. The highest BCUT2D eigenvalue weighted by molar-refractivity contribution is 7.91. The lowest BCUT2D eigenvalue weighted by atomic mass is 9.82. The van der Waals surface area contributed by atoms with E-state index < -0.39 is 33.0 Å². The van der Waals surface area contributed by atoms with Gasteiger partial charge in [0.1, 0.15) is 22.9 Å². The van der Waals surface area contributed by atoms with Crippen molar-refractivity contribution in [1.82, 2.24) is 15.1 Å². The van der Waals surface area contributed by atoms with Gasteiger partial charge in [-0.25, -0.2) is 21.9 Å². The fourth-order valence-corrected chi connectivity index (χ4v) is 6.69. The number of aromatic nitrogens is 2. The minimum absolute atomic E-state index is 0.139. The first kappa shape index (κ1) is 26.2. The molecule has 1 aromatic heterocycles. The normalized spacial score (nSPS) is 23.6. The van der Waals surface area contributed by atoms with Gasteiger partial charge >= 0.3 is 0 Å². The fourth-order valence-electron chi connectivity index (χ4n) is 6.14. The van der Waals surface area contributed by atoms with E-state index in [1.165, 1.54) is 0 Å². The Balaban J connectivity index is 1.23. The van der Waals surface area contributed by atoms with E-state index in [9.17, 15) is 26.8 Å². The van der Waals surface area contributed by atoms with Gasteiger partial charge in [-0.15, -0.1) is 0 Å². The number of benzene rings is 1. The van der Waals surface area contributed by atoms with Gasteiger partial charge in [-0.3, -0.25) is 9.59 Å². The van der Waals surface area contributed by atoms with Crippen LogP contribution in [-0.2, 0) is 39.6 Å². The molecule has 1 aliphatic heterocycles. The van der Waals surface area contributed by atoms with Gasteiger partial charge in [-0.2, -0.15) is 5.10 Å². The first-order valence-corrected chi connectivity index (χ1v) is 15.5. The van der Waals surface area contributed by atoms with E-state index in [-0.39, 0.29) is 42.7 Å². The van der Waals surface area contributed by atoms with Crippen molar-refractivity contribution in [1.29, 1.82) is 0 Å². The van der Waals surface area contributed by atoms with Crippen molar-refractivity contribution in [3.8, 4) is 5.75 Å². The van der Waals surface area contributed by atoms with Crippen molar-refractivity contribution in [2.24, 2.45) is 11.8 Å². The number of fused-ring (bicyclic) bond motifs is 3. The van der Waals surface area contributed by atoms with Crippen LogP contribution in [0.25, 0.3) is 0 Å². The molecule has 2 saturated carbocycles. The van der Waals surface area contributed by atoms with Crippen LogP contribution in [0.5, 0.6) is 5.75 Å². The van der Waals surface area contributed by atoms with Crippen molar-refractivity contribution in [2.75, 3.05) is 23.9 Å². The van der Waals surface area contributed by atoms with Crippen LogP contribution in [0.3, 0.4) is 0 Å². The number of carbonyl (C=O) groups is 2. The van der Waals surface area contributed by atoms with Crippen molar-refractivity contribution in [3.63, 3.8) is 0 Å². The summed E-state index contributed by atoms with van der Waals surface area (Å²) in [5.41, 5.74) is 2.20. The number of ether oxygens (including phenoxy) is 1. The Kier molecular flexibility index (Phi) is 6.24. The molecule has 2 N–H and O–H groups in total. The Morgan fingerprint density at radius 2 is 2.03 bits per heavy atom. The van der Waals surface area contributed by atoms with Crippen LogP contribution in [0.2, 0.25) is 0 Å². The summed E-state index contributed by atoms with van der Waals surface area (Å²) in [6.45, 7) is 0.780. The van der Waals surface area contributed by atoms with E-state index in [2.05, 4.69) is 10.6 Å². The number of aryl methyl sites for hydroxylation is 2. The number of alkyl halides is 2. The van der Waals surface area contributed by atoms with Gasteiger partial charge in [0.2, 0.25) is 11.8 Å². The number of anilines is 1. The number of nitrogens with one attached hydrogen (secondary N) is 2. The maximum atomic E-state index is 13.5. The van der Waals surface area contributed by atoms with Crippen LogP contribution in [0.15, 0.2) is 18.2 Å². The van der Waals surface area contributed by atoms with Gasteiger partial charge in [0.05, 0.1) is 17.8 Å². The van der Waals surface area contributed by atoms with E-state index in [1.54, 1.807) is 4.68 Å². The minimum Gasteiger partial charge on any atom is -0.493 e. The average Bonchev–Trinajstić information content (AvgIpc) is 3.51. The Labute approximate surface area is 225 Å². The average molecular weight is 563 g/mol. The predicted octanol–water partition coefficient (Wildman–Crippen LogP) is 3.22. The quantitative estimate of drug-likeness (QED) is 0.485. The molecule has 1 spiro atoms. The fraction of sp³-hybridized carbons (Fsp3) is 0.593. The van der Waals surface area contributed by atoms with Gasteiger partial charge in [0.25, 0.3) is 5.91 Å². The molecule has 39 heavy (non-hydrogen) atoms. The zero-order chi connectivity index (χ0) is 27.6. The number of amides is 2. The molecule has 2 aromatic rings. The molecule has 1 aromatic carbocycles. The zero-order valence-electron chi connectivity index (χ0n) is 21.8. The Hall–Kier alpha value is -3.02. The third-order valence-electron chi connectivity index (χ3n) is 8.24. The summed E-state index contributed by atoms with van der Waals surface area (Å²) in [5, 5.41) is 10.6. The van der Waals surface area contributed by atoms with E-state index in [4.69, 9.17) is 9.84 Å². The summed E-state index contributed by atoms with van der Waals surface area (Å²) >= 11 is 0. The summed E-state index contributed by atoms with van der Waals surface area (Å²) in [6.07, 6.45) is 5.68. The first-order valence-electron chi connectivity index (χ1n) is 13.4. The molecule has 12 heteroatoms. The number of nitrogens with zero attached hydrogens (tertiary/aromatic N) is 2. The third kappa shape index (κ3) is 5.39. The molecule has 0 unspecified atom stereocenters. The van der Waals surface area contributed by atoms with Crippen LogP contribution in [0.1, 0.15) is 65.7 Å². The summed E-state index contributed by atoms with van der Waals surface area (Å²) < 4.78 is 57.0. The lowest BCUT2D eigenvalue weighted by Gasteiger charge is -2.35. The second-order valence-corrected chi connectivity index (χ2v) is 13.9. The molecule has 1 atom stereocenters. The topological polar surface area (TPSA) is 119 Å². The van der Waals surface area contributed by atoms with E-state index in [0.717, 1.165) is 36.6 Å². The number of hydrogen-bond donors (Lipinski definition) is 2. The number of rotatable bonds is 9. The maximum absolute atomic E-state index is 13.5. The molecule has 6 rings (SSSR count). The molecule has 9 nitrogen and oxygen atoms in total. The lowest BCUT2D eigenvalue weighted by molar-refractivity contribution is -0.119. The van der Waals surface area contributed by atoms with Gasteiger partial charge < -0.3 is 15.4 Å². The molecule has 0 radical (unpaired) electrons. The van der Waals surface area contributed by atoms with Crippen molar-refractivity contribution < 1.29 is 31.5 Å². The molecule has 2 amide bonds. The van der Waals surface area contributed by atoms with Gasteiger partial charge in [-0.05, 0) is 48.4 Å². The minimum atomic E-state index is -3.54. The monoisotopic (exact) mass is 562 g/mol. The van der Waals surface area contributed by atoms with Crippen molar-refractivity contribution in [2.45, 2.75) is 69.4 Å².